The number of hydrogen-bond acceptors (Lipinski definition) is 2. The molecule has 0 saturated carbocycles. The molecule has 2 aromatic rings. The van der Waals surface area contributed by atoms with Gasteiger partial charge in [0.1, 0.15) is 0 Å². The Morgan fingerprint density at radius 1 is 1.20 bits per heavy atom. The third-order valence-corrected chi connectivity index (χ3v) is 3.70. The van der Waals surface area contributed by atoms with E-state index in [-0.39, 0.29) is 5.54 Å². The first kappa shape index (κ1) is 15.4. The van der Waals surface area contributed by atoms with E-state index in [1.807, 2.05) is 31.3 Å². The molecule has 0 saturated heterocycles. The van der Waals surface area contributed by atoms with Crippen molar-refractivity contribution in [3.05, 3.63) is 45.7 Å². The van der Waals surface area contributed by atoms with Crippen LogP contribution in [-0.4, -0.2) is 15.3 Å². The molecule has 0 unspecified atom stereocenters. The lowest BCUT2D eigenvalue weighted by atomic mass is 10.1. The predicted molar refractivity (Wildman–Crippen MR) is 84.9 cm³/mol. The van der Waals surface area contributed by atoms with Gasteiger partial charge in [0.05, 0.1) is 16.4 Å². The summed E-state index contributed by atoms with van der Waals surface area (Å²) in [4.78, 5) is 0. The first-order chi connectivity index (χ1) is 9.28. The van der Waals surface area contributed by atoms with Crippen LogP contribution in [0, 0.1) is 6.92 Å². The molecule has 0 amide bonds. The second-order valence-corrected chi connectivity index (χ2v) is 6.66. The van der Waals surface area contributed by atoms with Gasteiger partial charge in [0.25, 0.3) is 0 Å². The van der Waals surface area contributed by atoms with Crippen LogP contribution in [0.4, 0.5) is 0 Å². The molecule has 1 aromatic carbocycles. The fourth-order valence-corrected chi connectivity index (χ4v) is 2.22. The van der Waals surface area contributed by atoms with Crippen molar-refractivity contribution in [2.45, 2.75) is 39.8 Å². The molecular formula is C15H19Cl2N3. The quantitative estimate of drug-likeness (QED) is 0.912. The van der Waals surface area contributed by atoms with Crippen molar-refractivity contribution in [3.8, 4) is 5.69 Å². The van der Waals surface area contributed by atoms with Gasteiger partial charge in [-0.05, 0) is 39.8 Å². The van der Waals surface area contributed by atoms with Gasteiger partial charge in [0.2, 0.25) is 0 Å². The summed E-state index contributed by atoms with van der Waals surface area (Å²) in [7, 11) is 0. The van der Waals surface area contributed by atoms with Crippen LogP contribution in [0.25, 0.3) is 5.69 Å². The van der Waals surface area contributed by atoms with E-state index in [1.165, 1.54) is 0 Å². The lowest BCUT2D eigenvalue weighted by Crippen LogP contribution is -2.35. The van der Waals surface area contributed by atoms with Crippen LogP contribution in [0.15, 0.2) is 24.4 Å². The van der Waals surface area contributed by atoms with Gasteiger partial charge in [-0.25, -0.2) is 4.68 Å². The highest BCUT2D eigenvalue weighted by atomic mass is 35.5. The minimum Gasteiger partial charge on any atom is -0.308 e. The maximum absolute atomic E-state index is 6.34. The van der Waals surface area contributed by atoms with E-state index in [9.17, 15) is 0 Å². The Hall–Kier alpha value is -1.03. The molecule has 3 nitrogen and oxygen atoms in total. The van der Waals surface area contributed by atoms with Gasteiger partial charge in [0, 0.05) is 28.9 Å². The molecule has 5 heteroatoms. The van der Waals surface area contributed by atoms with E-state index >= 15 is 0 Å². The van der Waals surface area contributed by atoms with E-state index < -0.39 is 0 Å². The van der Waals surface area contributed by atoms with Crippen molar-refractivity contribution >= 4 is 23.2 Å². The zero-order chi connectivity index (χ0) is 14.9. The monoisotopic (exact) mass is 311 g/mol. The minimum absolute atomic E-state index is 0.0219. The summed E-state index contributed by atoms with van der Waals surface area (Å²) in [5.74, 6) is 0. The average molecular weight is 312 g/mol. The Morgan fingerprint density at radius 2 is 1.90 bits per heavy atom. The maximum atomic E-state index is 6.34. The lowest BCUT2D eigenvalue weighted by molar-refractivity contribution is 0.424. The van der Waals surface area contributed by atoms with Crippen molar-refractivity contribution < 1.29 is 0 Å². The van der Waals surface area contributed by atoms with Crippen LogP contribution >= 0.6 is 23.2 Å². The molecule has 20 heavy (non-hydrogen) atoms. The number of rotatable bonds is 3. The van der Waals surface area contributed by atoms with Crippen LogP contribution in [0.2, 0.25) is 10.0 Å². The minimum atomic E-state index is 0.0219. The lowest BCUT2D eigenvalue weighted by Gasteiger charge is -2.22. The molecule has 0 aliphatic carbocycles. The molecule has 0 spiro atoms. The van der Waals surface area contributed by atoms with E-state index in [0.29, 0.717) is 11.6 Å². The average Bonchev–Trinajstić information content (AvgIpc) is 2.66. The molecule has 0 atom stereocenters. The Balaban J connectivity index is 2.40. The highest BCUT2D eigenvalue weighted by molar-refractivity contribution is 6.31. The molecule has 0 aliphatic rings. The predicted octanol–water partition coefficient (Wildman–Crippen LogP) is 4.38. The van der Waals surface area contributed by atoms with Crippen molar-refractivity contribution in [1.82, 2.24) is 15.1 Å². The number of hydrogen-bond donors (Lipinski definition) is 1. The van der Waals surface area contributed by atoms with Crippen LogP contribution in [0.5, 0.6) is 0 Å². The summed E-state index contributed by atoms with van der Waals surface area (Å²) in [5.41, 5.74) is 2.79. The Kier molecular flexibility index (Phi) is 4.43. The number of halogens is 2. The maximum Gasteiger partial charge on any atom is 0.0819 e. The first-order valence-electron chi connectivity index (χ1n) is 6.52. The number of nitrogens with one attached hydrogen (secondary N) is 1. The second-order valence-electron chi connectivity index (χ2n) is 5.85. The fourth-order valence-electron chi connectivity index (χ4n) is 1.85. The fraction of sp³-hybridized carbons (Fsp3) is 0.400. The summed E-state index contributed by atoms with van der Waals surface area (Å²) < 4.78 is 1.78. The molecule has 0 radical (unpaired) electrons. The summed E-state index contributed by atoms with van der Waals surface area (Å²) >= 11 is 12.4. The van der Waals surface area contributed by atoms with Gasteiger partial charge in [-0.1, -0.05) is 29.3 Å². The van der Waals surface area contributed by atoms with E-state index in [0.717, 1.165) is 22.0 Å². The molecule has 1 aromatic heterocycles. The Labute approximate surface area is 129 Å². The number of aromatic nitrogens is 2. The normalized spacial score (nSPS) is 11.9. The summed E-state index contributed by atoms with van der Waals surface area (Å²) in [6.45, 7) is 8.93. The highest BCUT2D eigenvalue weighted by Crippen LogP contribution is 2.25. The Morgan fingerprint density at radius 3 is 2.45 bits per heavy atom. The SMILES string of the molecule is Cc1nn(-c2cccc(Cl)c2CNC(C)(C)C)cc1Cl. The van der Waals surface area contributed by atoms with Gasteiger partial charge in [-0.2, -0.15) is 5.10 Å². The van der Waals surface area contributed by atoms with E-state index in [4.69, 9.17) is 23.2 Å². The van der Waals surface area contributed by atoms with Gasteiger partial charge in [-0.3, -0.25) is 0 Å². The van der Waals surface area contributed by atoms with Gasteiger partial charge >= 0.3 is 0 Å². The highest BCUT2D eigenvalue weighted by Gasteiger charge is 2.15. The third-order valence-electron chi connectivity index (χ3n) is 2.98. The smallest absolute Gasteiger partial charge is 0.0819 e. The van der Waals surface area contributed by atoms with Crippen molar-refractivity contribution in [1.29, 1.82) is 0 Å². The molecule has 108 valence electrons. The van der Waals surface area contributed by atoms with Crippen LogP contribution < -0.4 is 5.32 Å². The van der Waals surface area contributed by atoms with Crippen molar-refractivity contribution in [3.63, 3.8) is 0 Å². The molecule has 1 N–H and O–H groups in total. The second kappa shape index (κ2) is 5.76. The topological polar surface area (TPSA) is 29.9 Å². The molecule has 0 fully saturated rings. The largest absolute Gasteiger partial charge is 0.308 e. The zero-order valence-corrected chi connectivity index (χ0v) is 13.7. The summed E-state index contributed by atoms with van der Waals surface area (Å²) in [6, 6.07) is 5.81. The molecule has 0 bridgehead atoms. The van der Waals surface area contributed by atoms with Crippen LogP contribution in [-0.2, 0) is 6.54 Å². The van der Waals surface area contributed by atoms with E-state index in [1.54, 1.807) is 4.68 Å². The van der Waals surface area contributed by atoms with Crippen LogP contribution in [0.3, 0.4) is 0 Å². The summed E-state index contributed by atoms with van der Waals surface area (Å²) in [5, 5.41) is 9.25. The molecule has 1 heterocycles. The number of nitrogens with zero attached hydrogens (tertiary/aromatic N) is 2. The summed E-state index contributed by atoms with van der Waals surface area (Å²) in [6.07, 6.45) is 1.81. The first-order valence-corrected chi connectivity index (χ1v) is 7.28. The third kappa shape index (κ3) is 3.54. The van der Waals surface area contributed by atoms with Crippen molar-refractivity contribution in [2.24, 2.45) is 0 Å². The molecule has 0 aliphatic heterocycles. The number of aryl methyl sites for hydroxylation is 1. The van der Waals surface area contributed by atoms with Crippen LogP contribution in [0.1, 0.15) is 32.0 Å². The van der Waals surface area contributed by atoms with Gasteiger partial charge in [-0.15, -0.1) is 0 Å². The number of benzene rings is 1. The zero-order valence-electron chi connectivity index (χ0n) is 12.2. The standard InChI is InChI=1S/C15H19Cl2N3/c1-10-13(17)9-20(19-10)14-7-5-6-12(16)11(14)8-18-15(2,3)4/h5-7,9,18H,8H2,1-4H3. The van der Waals surface area contributed by atoms with Crippen molar-refractivity contribution in [2.75, 3.05) is 0 Å². The van der Waals surface area contributed by atoms with Gasteiger partial charge in [0.15, 0.2) is 0 Å². The van der Waals surface area contributed by atoms with Gasteiger partial charge < -0.3 is 5.32 Å². The Bertz CT molecular complexity index is 593. The van der Waals surface area contributed by atoms with E-state index in [2.05, 4.69) is 31.2 Å². The molecule has 2 rings (SSSR count). The molecular weight excluding hydrogens is 293 g/mol.